The first-order valence-electron chi connectivity index (χ1n) is 9.55. The fourth-order valence-corrected chi connectivity index (χ4v) is 4.09. The summed E-state index contributed by atoms with van der Waals surface area (Å²) in [6.07, 6.45) is 5.15. The van der Waals surface area contributed by atoms with Crippen molar-refractivity contribution in [3.8, 4) is 0 Å². The van der Waals surface area contributed by atoms with Crippen molar-refractivity contribution in [1.29, 1.82) is 0 Å². The van der Waals surface area contributed by atoms with Crippen LogP contribution in [0.1, 0.15) is 37.3 Å². The summed E-state index contributed by atoms with van der Waals surface area (Å²) in [7, 11) is 1.90. The van der Waals surface area contributed by atoms with E-state index in [-0.39, 0.29) is 24.0 Å². The molecule has 1 N–H and O–H groups in total. The van der Waals surface area contributed by atoms with Crippen LogP contribution < -0.4 is 5.32 Å². The number of rotatable bonds is 5. The Morgan fingerprint density at radius 2 is 1.88 bits per heavy atom. The Balaban J connectivity index is 0.00000225. The second kappa shape index (κ2) is 10.4. The van der Waals surface area contributed by atoms with Crippen LogP contribution in [0, 0.1) is 5.92 Å². The highest BCUT2D eigenvalue weighted by atomic mass is 127. The van der Waals surface area contributed by atoms with Crippen LogP contribution in [0.3, 0.4) is 0 Å². The van der Waals surface area contributed by atoms with E-state index in [2.05, 4.69) is 51.3 Å². The second-order valence-corrected chi connectivity index (χ2v) is 7.13. The number of nitrogens with one attached hydrogen (secondary N) is 1. The van der Waals surface area contributed by atoms with E-state index >= 15 is 0 Å². The lowest BCUT2D eigenvalue weighted by Crippen LogP contribution is -2.40. The van der Waals surface area contributed by atoms with Crippen LogP contribution in [0.15, 0.2) is 29.3 Å². The van der Waals surface area contributed by atoms with Gasteiger partial charge in [0.05, 0.1) is 0 Å². The molecule has 0 aliphatic carbocycles. The van der Waals surface area contributed by atoms with Gasteiger partial charge < -0.3 is 15.1 Å². The normalized spacial score (nSPS) is 21.4. The van der Waals surface area contributed by atoms with Gasteiger partial charge in [-0.1, -0.05) is 31.2 Å². The Kier molecular flexibility index (Phi) is 8.49. The third-order valence-corrected chi connectivity index (χ3v) is 5.45. The minimum atomic E-state index is 0. The SMILES string of the molecule is CCc1ccccc1CNC(=NC)N1CCC(CN2CCCC2)C1.I. The van der Waals surface area contributed by atoms with Gasteiger partial charge in [-0.25, -0.2) is 0 Å². The second-order valence-electron chi connectivity index (χ2n) is 7.13. The van der Waals surface area contributed by atoms with Crippen LogP contribution in [-0.2, 0) is 13.0 Å². The van der Waals surface area contributed by atoms with Crippen molar-refractivity contribution in [3.05, 3.63) is 35.4 Å². The van der Waals surface area contributed by atoms with E-state index in [1.165, 1.54) is 50.0 Å². The molecule has 1 atom stereocenters. The molecule has 0 bridgehead atoms. The molecule has 3 rings (SSSR count). The number of likely N-dealkylation sites (tertiary alicyclic amines) is 2. The average molecular weight is 456 g/mol. The number of guanidine groups is 1. The average Bonchev–Trinajstić information content (AvgIpc) is 3.28. The predicted molar refractivity (Wildman–Crippen MR) is 117 cm³/mol. The van der Waals surface area contributed by atoms with Crippen LogP contribution in [0.25, 0.3) is 0 Å². The van der Waals surface area contributed by atoms with Gasteiger partial charge in [0, 0.05) is 33.2 Å². The predicted octanol–water partition coefficient (Wildman–Crippen LogP) is 3.36. The summed E-state index contributed by atoms with van der Waals surface area (Å²) in [5.74, 6) is 1.86. The maximum absolute atomic E-state index is 4.52. The molecule has 2 fully saturated rings. The molecular formula is C20H33IN4. The van der Waals surface area contributed by atoms with Crippen molar-refractivity contribution in [2.45, 2.75) is 39.2 Å². The van der Waals surface area contributed by atoms with Crippen LogP contribution in [0.2, 0.25) is 0 Å². The molecule has 0 aromatic heterocycles. The monoisotopic (exact) mass is 456 g/mol. The van der Waals surface area contributed by atoms with Crippen molar-refractivity contribution in [1.82, 2.24) is 15.1 Å². The molecule has 2 aliphatic heterocycles. The summed E-state index contributed by atoms with van der Waals surface area (Å²) in [6, 6.07) is 8.70. The van der Waals surface area contributed by atoms with Gasteiger partial charge in [-0.3, -0.25) is 4.99 Å². The highest BCUT2D eigenvalue weighted by Gasteiger charge is 2.27. The summed E-state index contributed by atoms with van der Waals surface area (Å²) in [6.45, 7) is 9.24. The molecule has 2 heterocycles. The molecule has 4 nitrogen and oxygen atoms in total. The first-order chi connectivity index (χ1) is 11.8. The van der Waals surface area contributed by atoms with E-state index in [0.717, 1.165) is 37.9 Å². The lowest BCUT2D eigenvalue weighted by molar-refractivity contribution is 0.281. The number of hydrogen-bond donors (Lipinski definition) is 1. The maximum Gasteiger partial charge on any atom is 0.193 e. The van der Waals surface area contributed by atoms with E-state index in [1.54, 1.807) is 0 Å². The molecule has 0 radical (unpaired) electrons. The smallest absolute Gasteiger partial charge is 0.193 e. The fourth-order valence-electron chi connectivity index (χ4n) is 4.09. The summed E-state index contributed by atoms with van der Waals surface area (Å²) in [5.41, 5.74) is 2.81. The Morgan fingerprint density at radius 1 is 1.16 bits per heavy atom. The minimum absolute atomic E-state index is 0. The van der Waals surface area contributed by atoms with Gasteiger partial charge in [-0.2, -0.15) is 0 Å². The van der Waals surface area contributed by atoms with E-state index in [9.17, 15) is 0 Å². The third kappa shape index (κ3) is 5.58. The number of aryl methyl sites for hydroxylation is 1. The zero-order valence-electron chi connectivity index (χ0n) is 15.7. The van der Waals surface area contributed by atoms with E-state index < -0.39 is 0 Å². The summed E-state index contributed by atoms with van der Waals surface area (Å²) in [5, 5.41) is 3.58. The number of hydrogen-bond acceptors (Lipinski definition) is 2. The molecular weight excluding hydrogens is 423 g/mol. The van der Waals surface area contributed by atoms with Crippen molar-refractivity contribution >= 4 is 29.9 Å². The number of aliphatic imine (C=N–C) groups is 1. The van der Waals surface area contributed by atoms with Gasteiger partial charge in [-0.05, 0) is 55.8 Å². The molecule has 5 heteroatoms. The van der Waals surface area contributed by atoms with Crippen molar-refractivity contribution in [2.24, 2.45) is 10.9 Å². The molecule has 1 unspecified atom stereocenters. The quantitative estimate of drug-likeness (QED) is 0.419. The number of benzene rings is 1. The third-order valence-electron chi connectivity index (χ3n) is 5.45. The number of nitrogens with zero attached hydrogens (tertiary/aromatic N) is 3. The molecule has 0 spiro atoms. The van der Waals surface area contributed by atoms with E-state index in [4.69, 9.17) is 0 Å². The molecule has 25 heavy (non-hydrogen) atoms. The van der Waals surface area contributed by atoms with E-state index in [0.29, 0.717) is 0 Å². The molecule has 2 saturated heterocycles. The van der Waals surface area contributed by atoms with Crippen LogP contribution in [0.5, 0.6) is 0 Å². The van der Waals surface area contributed by atoms with Gasteiger partial charge in [0.25, 0.3) is 0 Å². The summed E-state index contributed by atoms with van der Waals surface area (Å²) in [4.78, 5) is 9.61. The van der Waals surface area contributed by atoms with Crippen LogP contribution in [-0.4, -0.2) is 55.5 Å². The molecule has 0 saturated carbocycles. The van der Waals surface area contributed by atoms with E-state index in [1.807, 2.05) is 7.05 Å². The zero-order chi connectivity index (χ0) is 16.8. The van der Waals surface area contributed by atoms with Gasteiger partial charge >= 0.3 is 0 Å². The lowest BCUT2D eigenvalue weighted by Gasteiger charge is -2.23. The summed E-state index contributed by atoms with van der Waals surface area (Å²) >= 11 is 0. The van der Waals surface area contributed by atoms with Crippen molar-refractivity contribution in [2.75, 3.05) is 39.8 Å². The first kappa shape index (κ1) is 20.5. The number of halogens is 1. The standard InChI is InChI=1S/C20H32N4.HI/c1-3-18-8-4-5-9-19(18)14-22-20(21-2)24-13-10-17(16-24)15-23-11-6-7-12-23;/h4-5,8-9,17H,3,6-7,10-16H2,1-2H3,(H,21,22);1H. The highest BCUT2D eigenvalue weighted by molar-refractivity contribution is 14.0. The molecule has 0 amide bonds. The van der Waals surface area contributed by atoms with Crippen LogP contribution >= 0.6 is 24.0 Å². The van der Waals surface area contributed by atoms with Gasteiger partial charge in [0.1, 0.15) is 0 Å². The summed E-state index contributed by atoms with van der Waals surface area (Å²) < 4.78 is 0. The zero-order valence-corrected chi connectivity index (χ0v) is 18.0. The molecule has 140 valence electrons. The largest absolute Gasteiger partial charge is 0.352 e. The highest BCUT2D eigenvalue weighted by Crippen LogP contribution is 2.20. The Bertz CT molecular complexity index is 554. The Morgan fingerprint density at radius 3 is 2.56 bits per heavy atom. The van der Waals surface area contributed by atoms with Gasteiger partial charge in [0.15, 0.2) is 5.96 Å². The maximum atomic E-state index is 4.52. The first-order valence-corrected chi connectivity index (χ1v) is 9.55. The molecule has 2 aliphatic rings. The van der Waals surface area contributed by atoms with Crippen LogP contribution in [0.4, 0.5) is 0 Å². The fraction of sp³-hybridized carbons (Fsp3) is 0.650. The lowest BCUT2D eigenvalue weighted by atomic mass is 10.1. The van der Waals surface area contributed by atoms with Crippen molar-refractivity contribution < 1.29 is 0 Å². The van der Waals surface area contributed by atoms with Gasteiger partial charge in [-0.15, -0.1) is 24.0 Å². The van der Waals surface area contributed by atoms with Crippen molar-refractivity contribution in [3.63, 3.8) is 0 Å². The minimum Gasteiger partial charge on any atom is -0.352 e. The topological polar surface area (TPSA) is 30.9 Å². The Hall–Kier alpha value is -0.820. The molecule has 1 aromatic carbocycles. The van der Waals surface area contributed by atoms with Gasteiger partial charge in [0.2, 0.25) is 0 Å². The Labute approximate surface area is 170 Å². The molecule has 1 aromatic rings.